The summed E-state index contributed by atoms with van der Waals surface area (Å²) < 4.78 is 26.9. The Hall–Kier alpha value is -0.170. The van der Waals surface area contributed by atoms with Crippen LogP contribution in [0, 0.1) is 5.92 Å². The molecule has 15 heavy (non-hydrogen) atoms. The predicted molar refractivity (Wildman–Crippen MR) is 56.5 cm³/mol. The summed E-state index contributed by atoms with van der Waals surface area (Å²) in [6.07, 6.45) is 1.58. The van der Waals surface area contributed by atoms with Crippen LogP contribution in [0.2, 0.25) is 0 Å². The van der Waals surface area contributed by atoms with Gasteiger partial charge in [0.15, 0.2) is 0 Å². The summed E-state index contributed by atoms with van der Waals surface area (Å²) in [6.45, 7) is 3.83. The molecule has 5 nitrogen and oxygen atoms in total. The second kappa shape index (κ2) is 4.01. The highest BCUT2D eigenvalue weighted by Gasteiger charge is 2.39. The van der Waals surface area contributed by atoms with E-state index in [1.54, 1.807) is 4.31 Å². The maximum atomic E-state index is 12.0. The number of nitrogens with zero attached hydrogens (tertiary/aromatic N) is 2. The first-order valence-corrected chi connectivity index (χ1v) is 6.83. The molecule has 2 heterocycles. The third-order valence-corrected chi connectivity index (χ3v) is 5.04. The fourth-order valence-corrected chi connectivity index (χ4v) is 3.97. The molecule has 88 valence electrons. The van der Waals surface area contributed by atoms with Crippen LogP contribution in [0.25, 0.3) is 0 Å². The van der Waals surface area contributed by atoms with Gasteiger partial charge in [-0.05, 0) is 18.8 Å². The summed E-state index contributed by atoms with van der Waals surface area (Å²) in [6, 6.07) is 0. The van der Waals surface area contributed by atoms with Crippen LogP contribution in [-0.2, 0) is 10.2 Å². The Kier molecular flexibility index (Phi) is 3.03. The van der Waals surface area contributed by atoms with Crippen molar-refractivity contribution in [1.82, 2.24) is 8.61 Å². The van der Waals surface area contributed by atoms with E-state index >= 15 is 0 Å². The molecule has 2 aliphatic rings. The molecule has 2 rings (SSSR count). The molecule has 0 aliphatic carbocycles. The van der Waals surface area contributed by atoms with E-state index < -0.39 is 16.3 Å². The van der Waals surface area contributed by atoms with Crippen molar-refractivity contribution in [2.75, 3.05) is 26.2 Å². The molecule has 1 unspecified atom stereocenters. The van der Waals surface area contributed by atoms with E-state index in [0.29, 0.717) is 19.0 Å². The fraction of sp³-hybridized carbons (Fsp3) is 1.00. The predicted octanol–water partition coefficient (Wildman–Crippen LogP) is -0.360. The zero-order valence-corrected chi connectivity index (χ0v) is 9.78. The van der Waals surface area contributed by atoms with Crippen LogP contribution in [0.5, 0.6) is 0 Å². The molecular formula is C9H18N2O3S. The average molecular weight is 234 g/mol. The first kappa shape index (κ1) is 11.3. The van der Waals surface area contributed by atoms with Crippen molar-refractivity contribution in [2.24, 2.45) is 5.92 Å². The number of rotatable bonds is 2. The molecule has 2 fully saturated rings. The molecule has 2 saturated heterocycles. The summed E-state index contributed by atoms with van der Waals surface area (Å²) >= 11 is 0. The van der Waals surface area contributed by atoms with E-state index in [2.05, 4.69) is 6.92 Å². The van der Waals surface area contributed by atoms with E-state index in [0.717, 1.165) is 12.8 Å². The van der Waals surface area contributed by atoms with E-state index in [9.17, 15) is 8.42 Å². The molecule has 6 heteroatoms. The highest BCUT2D eigenvalue weighted by molar-refractivity contribution is 7.86. The van der Waals surface area contributed by atoms with Gasteiger partial charge in [-0.2, -0.15) is 17.0 Å². The standard InChI is InChI=1S/C9H18N2O3S/c1-8-3-2-4-10(5-8)15(13,14)11-6-9(12)7-11/h8-9,12H,2-7H2,1H3. The van der Waals surface area contributed by atoms with Gasteiger partial charge in [0.2, 0.25) is 0 Å². The zero-order valence-electron chi connectivity index (χ0n) is 8.96. The van der Waals surface area contributed by atoms with Gasteiger partial charge < -0.3 is 5.11 Å². The minimum Gasteiger partial charge on any atom is -0.390 e. The van der Waals surface area contributed by atoms with E-state index in [-0.39, 0.29) is 13.1 Å². The van der Waals surface area contributed by atoms with Crippen LogP contribution in [0.4, 0.5) is 0 Å². The number of hydrogen-bond donors (Lipinski definition) is 1. The quantitative estimate of drug-likeness (QED) is 0.710. The van der Waals surface area contributed by atoms with Gasteiger partial charge in [-0.25, -0.2) is 0 Å². The third kappa shape index (κ3) is 2.18. The molecule has 0 aromatic heterocycles. The lowest BCUT2D eigenvalue weighted by Gasteiger charge is -2.40. The van der Waals surface area contributed by atoms with Crippen molar-refractivity contribution >= 4 is 10.2 Å². The van der Waals surface area contributed by atoms with Crippen LogP contribution in [0.1, 0.15) is 19.8 Å². The van der Waals surface area contributed by atoms with E-state index in [4.69, 9.17) is 5.11 Å². The monoisotopic (exact) mass is 234 g/mol. The smallest absolute Gasteiger partial charge is 0.282 e. The van der Waals surface area contributed by atoms with Crippen molar-refractivity contribution in [3.05, 3.63) is 0 Å². The average Bonchev–Trinajstić information content (AvgIpc) is 2.13. The lowest BCUT2D eigenvalue weighted by atomic mass is 10.0. The Morgan fingerprint density at radius 1 is 1.20 bits per heavy atom. The minimum atomic E-state index is -3.28. The number of piperidine rings is 1. The molecule has 0 spiro atoms. The normalized spacial score (nSPS) is 31.5. The summed E-state index contributed by atoms with van der Waals surface area (Å²) in [4.78, 5) is 0. The molecule has 0 radical (unpaired) electrons. The number of hydrogen-bond acceptors (Lipinski definition) is 3. The van der Waals surface area contributed by atoms with E-state index in [1.807, 2.05) is 0 Å². The van der Waals surface area contributed by atoms with Gasteiger partial charge in [-0.3, -0.25) is 0 Å². The van der Waals surface area contributed by atoms with Gasteiger partial charge in [-0.15, -0.1) is 0 Å². The van der Waals surface area contributed by atoms with Gasteiger partial charge in [0.05, 0.1) is 6.10 Å². The Balaban J connectivity index is 2.02. The fourth-order valence-electron chi connectivity index (χ4n) is 2.12. The van der Waals surface area contributed by atoms with Crippen LogP contribution in [0.3, 0.4) is 0 Å². The Morgan fingerprint density at radius 2 is 1.87 bits per heavy atom. The van der Waals surface area contributed by atoms with Crippen LogP contribution in [-0.4, -0.2) is 54.4 Å². The van der Waals surface area contributed by atoms with Crippen molar-refractivity contribution < 1.29 is 13.5 Å². The number of aliphatic hydroxyl groups excluding tert-OH is 1. The van der Waals surface area contributed by atoms with Gasteiger partial charge in [-0.1, -0.05) is 6.92 Å². The molecule has 0 amide bonds. The van der Waals surface area contributed by atoms with Crippen LogP contribution in [0.15, 0.2) is 0 Å². The molecule has 2 aliphatic heterocycles. The Morgan fingerprint density at radius 3 is 2.40 bits per heavy atom. The summed E-state index contributed by atoms with van der Waals surface area (Å²) in [5.41, 5.74) is 0. The lowest BCUT2D eigenvalue weighted by molar-refractivity contribution is 0.0493. The van der Waals surface area contributed by atoms with Gasteiger partial charge in [0.1, 0.15) is 0 Å². The molecular weight excluding hydrogens is 216 g/mol. The van der Waals surface area contributed by atoms with E-state index in [1.165, 1.54) is 4.31 Å². The Labute approximate surface area is 90.9 Å². The minimum absolute atomic E-state index is 0.257. The zero-order chi connectivity index (χ0) is 11.1. The Bertz CT molecular complexity index is 324. The van der Waals surface area contributed by atoms with Crippen LogP contribution < -0.4 is 0 Å². The van der Waals surface area contributed by atoms with Gasteiger partial charge in [0.25, 0.3) is 10.2 Å². The molecule has 1 N–H and O–H groups in total. The van der Waals surface area contributed by atoms with Crippen LogP contribution >= 0.6 is 0 Å². The lowest BCUT2D eigenvalue weighted by Crippen LogP contribution is -2.58. The number of aliphatic hydroxyl groups is 1. The second-order valence-corrected chi connectivity index (χ2v) is 6.51. The largest absolute Gasteiger partial charge is 0.390 e. The SMILES string of the molecule is CC1CCCN(S(=O)(=O)N2CC(O)C2)C1. The molecule has 0 saturated carbocycles. The number of β-amino-alcohol motifs (C(OH)–C–C–N with tert-alkyl or cyclic N) is 1. The van der Waals surface area contributed by atoms with Gasteiger partial charge >= 0.3 is 0 Å². The topological polar surface area (TPSA) is 60.9 Å². The maximum absolute atomic E-state index is 12.0. The van der Waals surface area contributed by atoms with Crippen molar-refractivity contribution in [2.45, 2.75) is 25.9 Å². The summed E-state index contributed by atoms with van der Waals surface area (Å²) in [5.74, 6) is 0.444. The maximum Gasteiger partial charge on any atom is 0.282 e. The summed E-state index contributed by atoms with van der Waals surface area (Å²) in [7, 11) is -3.28. The van der Waals surface area contributed by atoms with Crippen molar-refractivity contribution in [3.8, 4) is 0 Å². The highest BCUT2D eigenvalue weighted by atomic mass is 32.2. The highest BCUT2D eigenvalue weighted by Crippen LogP contribution is 2.23. The summed E-state index contributed by atoms with van der Waals surface area (Å²) in [5, 5.41) is 9.11. The molecule has 0 bridgehead atoms. The van der Waals surface area contributed by atoms with Gasteiger partial charge in [0, 0.05) is 26.2 Å². The third-order valence-electron chi connectivity index (χ3n) is 3.10. The van der Waals surface area contributed by atoms with Crippen molar-refractivity contribution in [3.63, 3.8) is 0 Å². The second-order valence-electron chi connectivity index (χ2n) is 4.58. The molecule has 0 aromatic rings. The first-order valence-electron chi connectivity index (χ1n) is 5.43. The first-order chi connectivity index (χ1) is 7.00. The molecule has 0 aromatic carbocycles. The van der Waals surface area contributed by atoms with Crippen molar-refractivity contribution in [1.29, 1.82) is 0 Å². The molecule has 1 atom stereocenters.